The van der Waals surface area contributed by atoms with E-state index in [4.69, 9.17) is 22.9 Å². The van der Waals surface area contributed by atoms with Crippen molar-refractivity contribution in [3.63, 3.8) is 0 Å². The fraction of sp³-hybridized carbons (Fsp3) is 0.781. The van der Waals surface area contributed by atoms with Gasteiger partial charge in [0.2, 0.25) is 41.4 Å². The number of nitrogens with two attached hydrogens (primary N) is 4. The zero-order valence-corrected chi connectivity index (χ0v) is 30.5. The summed E-state index contributed by atoms with van der Waals surface area (Å²) in [5.41, 5.74) is 23.2. The van der Waals surface area contributed by atoms with Gasteiger partial charge in [-0.3, -0.25) is 33.6 Å². The second-order valence-corrected chi connectivity index (χ2v) is 13.7. The monoisotopic (exact) mass is 727 g/mol. The van der Waals surface area contributed by atoms with E-state index in [9.17, 15) is 38.7 Å². The van der Waals surface area contributed by atoms with Crippen molar-refractivity contribution in [2.75, 3.05) is 26.2 Å². The van der Waals surface area contributed by atoms with Crippen molar-refractivity contribution >= 4 is 41.4 Å². The van der Waals surface area contributed by atoms with E-state index in [0.29, 0.717) is 0 Å². The second-order valence-electron chi connectivity index (χ2n) is 13.7. The summed E-state index contributed by atoms with van der Waals surface area (Å²) in [7, 11) is 0. The molecule has 0 saturated carbocycles. The lowest BCUT2D eigenvalue weighted by atomic mass is 9.99. The Morgan fingerprint density at radius 1 is 0.549 bits per heavy atom. The Morgan fingerprint density at radius 3 is 1.24 bits per heavy atom. The van der Waals surface area contributed by atoms with Crippen LogP contribution in [0, 0.1) is 11.8 Å². The Morgan fingerprint density at radius 2 is 0.882 bits per heavy atom. The number of aliphatic hydroxyl groups excluding tert-OH is 1. The van der Waals surface area contributed by atoms with Crippen molar-refractivity contribution in [2.24, 2.45) is 34.8 Å². The van der Waals surface area contributed by atoms with Gasteiger partial charge in [0.15, 0.2) is 0 Å². The molecule has 0 aromatic rings. The zero-order chi connectivity index (χ0) is 38.8. The third-order valence-corrected chi connectivity index (χ3v) is 8.10. The van der Waals surface area contributed by atoms with E-state index in [1.165, 1.54) is 6.92 Å². The maximum Gasteiger partial charge on any atom is 0.245 e. The Kier molecular flexibility index (Phi) is 20.2. The minimum atomic E-state index is -1.46. The van der Waals surface area contributed by atoms with Crippen LogP contribution < -0.4 is 60.2 Å². The summed E-state index contributed by atoms with van der Waals surface area (Å²) in [5, 5.41) is 28.4. The van der Waals surface area contributed by atoms with Gasteiger partial charge < -0.3 is 65.3 Å². The highest BCUT2D eigenvalue weighted by Crippen LogP contribution is 2.11. The molecule has 0 aromatic carbocycles. The molecule has 1 aliphatic heterocycles. The molecule has 0 radical (unpaired) electrons. The summed E-state index contributed by atoms with van der Waals surface area (Å²) in [6.07, 6.45) is -1.17. The quantitative estimate of drug-likeness (QED) is 0.0955. The van der Waals surface area contributed by atoms with Crippen molar-refractivity contribution in [1.29, 1.82) is 0 Å². The molecule has 19 heteroatoms. The highest BCUT2D eigenvalue weighted by Gasteiger charge is 2.34. The molecule has 0 aromatic heterocycles. The summed E-state index contributed by atoms with van der Waals surface area (Å²) in [6, 6.07) is -8.54. The summed E-state index contributed by atoms with van der Waals surface area (Å²) >= 11 is 0. The van der Waals surface area contributed by atoms with Gasteiger partial charge >= 0.3 is 0 Å². The molecule has 0 bridgehead atoms. The van der Waals surface area contributed by atoms with Crippen LogP contribution in [0.4, 0.5) is 0 Å². The predicted molar refractivity (Wildman–Crippen MR) is 189 cm³/mol. The Bertz CT molecular complexity index is 1190. The van der Waals surface area contributed by atoms with Gasteiger partial charge in [-0.2, -0.15) is 0 Å². The van der Waals surface area contributed by atoms with Gasteiger partial charge in [0, 0.05) is 6.54 Å². The SMILES string of the molecule is CC(C)CC1NC(=O)C(CCN)NC(=O)C(N)CCNC(=O)C(C(C)O)NC(=O)C(CCN)NC(=O)C(CCN)NC(=O)C(CC(C)C)NC1=O. The fourth-order valence-electron chi connectivity index (χ4n) is 5.33. The maximum absolute atomic E-state index is 13.7. The largest absolute Gasteiger partial charge is 0.391 e. The highest BCUT2D eigenvalue weighted by atomic mass is 16.3. The lowest BCUT2D eigenvalue weighted by Gasteiger charge is -2.28. The lowest BCUT2D eigenvalue weighted by Crippen LogP contribution is -2.61. The van der Waals surface area contributed by atoms with Crippen LogP contribution in [0.25, 0.3) is 0 Å². The molecular formula is C32H61N11O8. The van der Waals surface area contributed by atoms with E-state index in [1.54, 1.807) is 0 Å². The molecule has 7 amide bonds. The lowest BCUT2D eigenvalue weighted by molar-refractivity contribution is -0.136. The number of rotatable bonds is 11. The standard InChI is InChI=1S/C32H61N11O8/c1-16(2)14-23-30(49)40-21(7-11-34)27(46)39-22(8-12-35)29(48)43-25(18(5)44)32(51)37-13-9-19(36)26(45)38-20(6-10-33)28(47)41-24(15-17(3)4)31(50)42-23/h16-25,44H,6-15,33-36H2,1-5H3,(H,37,51)(H,38,45)(H,39,46)(H,40,49)(H,41,47)(H,42,50)(H,43,48). The van der Waals surface area contributed by atoms with Crippen LogP contribution in [0.2, 0.25) is 0 Å². The van der Waals surface area contributed by atoms with Gasteiger partial charge in [0.25, 0.3) is 0 Å². The van der Waals surface area contributed by atoms with Crippen molar-refractivity contribution in [1.82, 2.24) is 37.2 Å². The van der Waals surface area contributed by atoms with Crippen LogP contribution in [0.5, 0.6) is 0 Å². The van der Waals surface area contributed by atoms with Crippen molar-refractivity contribution < 1.29 is 38.7 Å². The normalized spacial score (nSPS) is 27.8. The maximum atomic E-state index is 13.7. The number of carbonyl (C=O) groups is 7. The van der Waals surface area contributed by atoms with Gasteiger partial charge in [0.05, 0.1) is 12.1 Å². The summed E-state index contributed by atoms with van der Waals surface area (Å²) in [6.45, 7) is 8.44. The molecule has 1 saturated heterocycles. The molecule has 51 heavy (non-hydrogen) atoms. The predicted octanol–water partition coefficient (Wildman–Crippen LogP) is -4.74. The van der Waals surface area contributed by atoms with Crippen LogP contribution in [0.1, 0.15) is 73.1 Å². The average molecular weight is 728 g/mol. The number of amides is 7. The Balaban J connectivity index is 3.61. The van der Waals surface area contributed by atoms with Crippen molar-refractivity contribution in [3.8, 4) is 0 Å². The van der Waals surface area contributed by atoms with Crippen LogP contribution in [0.3, 0.4) is 0 Å². The molecule has 1 aliphatic rings. The second kappa shape index (κ2) is 22.8. The first-order chi connectivity index (χ1) is 23.9. The molecule has 1 rings (SSSR count). The van der Waals surface area contributed by atoms with E-state index >= 15 is 0 Å². The molecule has 0 spiro atoms. The van der Waals surface area contributed by atoms with Crippen LogP contribution in [0.15, 0.2) is 0 Å². The third kappa shape index (κ3) is 15.9. The first kappa shape index (κ1) is 45.1. The van der Waals surface area contributed by atoms with Crippen molar-refractivity contribution in [2.45, 2.75) is 122 Å². The smallest absolute Gasteiger partial charge is 0.245 e. The van der Waals surface area contributed by atoms with Crippen LogP contribution in [-0.2, 0) is 33.6 Å². The number of hydrogen-bond acceptors (Lipinski definition) is 12. The zero-order valence-electron chi connectivity index (χ0n) is 30.5. The van der Waals surface area contributed by atoms with Crippen LogP contribution in [-0.4, -0.2) is 121 Å². The summed E-state index contributed by atoms with van der Waals surface area (Å²) in [5.74, 6) is -5.32. The van der Waals surface area contributed by atoms with Crippen LogP contribution >= 0.6 is 0 Å². The minimum absolute atomic E-state index is 0.0114. The van der Waals surface area contributed by atoms with E-state index in [2.05, 4.69) is 37.2 Å². The Labute approximate surface area is 299 Å². The van der Waals surface area contributed by atoms with E-state index in [0.717, 1.165) is 0 Å². The number of hydrogen-bond donors (Lipinski definition) is 12. The topological polar surface area (TPSA) is 328 Å². The van der Waals surface area contributed by atoms with E-state index in [1.807, 2.05) is 27.7 Å². The number of nitrogens with one attached hydrogen (secondary N) is 7. The van der Waals surface area contributed by atoms with Crippen molar-refractivity contribution in [3.05, 3.63) is 0 Å². The third-order valence-electron chi connectivity index (χ3n) is 8.10. The van der Waals surface area contributed by atoms with Gasteiger partial charge in [-0.25, -0.2) is 0 Å². The first-order valence-electron chi connectivity index (χ1n) is 17.6. The Hall–Kier alpha value is -3.91. The van der Waals surface area contributed by atoms with Gasteiger partial charge in [-0.15, -0.1) is 0 Å². The molecule has 8 atom stereocenters. The highest BCUT2D eigenvalue weighted by molar-refractivity contribution is 5.97. The number of carbonyl (C=O) groups excluding carboxylic acids is 7. The van der Waals surface area contributed by atoms with E-state index < -0.39 is 89.7 Å². The molecule has 1 heterocycles. The van der Waals surface area contributed by atoms with Gasteiger partial charge in [0.1, 0.15) is 36.3 Å². The van der Waals surface area contributed by atoms with Gasteiger partial charge in [-0.1, -0.05) is 27.7 Å². The average Bonchev–Trinajstić information content (AvgIpc) is 3.04. The van der Waals surface area contributed by atoms with E-state index in [-0.39, 0.29) is 76.5 Å². The minimum Gasteiger partial charge on any atom is -0.391 e. The number of aliphatic hydroxyl groups is 1. The molecule has 16 N–H and O–H groups in total. The van der Waals surface area contributed by atoms with Gasteiger partial charge in [-0.05, 0) is 76.9 Å². The molecule has 19 nitrogen and oxygen atoms in total. The molecule has 292 valence electrons. The molecule has 0 aliphatic carbocycles. The molecule has 1 fully saturated rings. The summed E-state index contributed by atoms with van der Waals surface area (Å²) in [4.78, 5) is 93.5. The first-order valence-corrected chi connectivity index (χ1v) is 17.6. The summed E-state index contributed by atoms with van der Waals surface area (Å²) < 4.78 is 0. The molecule has 8 unspecified atom stereocenters. The molecular weight excluding hydrogens is 666 g/mol. The fourth-order valence-corrected chi connectivity index (χ4v) is 5.33.